The van der Waals surface area contributed by atoms with E-state index in [0.717, 1.165) is 6.07 Å². The molecule has 1 N–H and O–H groups in total. The lowest BCUT2D eigenvalue weighted by atomic mass is 10.2. The van der Waals surface area contributed by atoms with Crippen LogP contribution >= 0.6 is 39.1 Å². The van der Waals surface area contributed by atoms with Crippen LogP contribution in [0.3, 0.4) is 0 Å². The highest BCUT2D eigenvalue weighted by Gasteiger charge is 2.15. The molecule has 0 fully saturated rings. The Labute approximate surface area is 131 Å². The number of aromatic nitrogens is 1. The maximum Gasteiger partial charge on any atom is 0.257 e. The summed E-state index contributed by atoms with van der Waals surface area (Å²) in [5.74, 6) is -2.32. The molecule has 3 nitrogen and oxygen atoms in total. The molecule has 2 aromatic rings. The van der Waals surface area contributed by atoms with Crippen LogP contribution in [0.1, 0.15) is 10.4 Å². The van der Waals surface area contributed by atoms with Gasteiger partial charge in [0.2, 0.25) is 0 Å². The SMILES string of the molecule is O=C(Nc1c(F)cc(F)cc1Br)c1cnc(Cl)c(Cl)c1. The predicted molar refractivity (Wildman–Crippen MR) is 76.3 cm³/mol. The lowest BCUT2D eigenvalue weighted by Gasteiger charge is -2.09. The first-order valence-electron chi connectivity index (χ1n) is 5.15. The molecule has 0 aliphatic heterocycles. The monoisotopic (exact) mass is 380 g/mol. The fourth-order valence-corrected chi connectivity index (χ4v) is 2.17. The van der Waals surface area contributed by atoms with Gasteiger partial charge in [-0.1, -0.05) is 23.2 Å². The van der Waals surface area contributed by atoms with Crippen molar-refractivity contribution in [1.82, 2.24) is 4.98 Å². The van der Waals surface area contributed by atoms with E-state index in [4.69, 9.17) is 23.2 Å². The van der Waals surface area contributed by atoms with Gasteiger partial charge in [-0.25, -0.2) is 13.8 Å². The lowest BCUT2D eigenvalue weighted by Crippen LogP contribution is -2.14. The van der Waals surface area contributed by atoms with Crippen molar-refractivity contribution >= 4 is 50.7 Å². The van der Waals surface area contributed by atoms with Crippen molar-refractivity contribution in [3.63, 3.8) is 0 Å². The van der Waals surface area contributed by atoms with Crippen molar-refractivity contribution in [2.24, 2.45) is 0 Å². The molecule has 0 bridgehead atoms. The Bertz CT molecular complexity index is 674. The van der Waals surface area contributed by atoms with Crippen molar-refractivity contribution in [3.8, 4) is 0 Å². The number of carbonyl (C=O) groups is 1. The van der Waals surface area contributed by atoms with E-state index in [9.17, 15) is 13.6 Å². The Hall–Kier alpha value is -1.24. The van der Waals surface area contributed by atoms with E-state index in [0.29, 0.717) is 6.07 Å². The summed E-state index contributed by atoms with van der Waals surface area (Å²) in [5, 5.41) is 2.45. The normalized spacial score (nSPS) is 10.4. The summed E-state index contributed by atoms with van der Waals surface area (Å²) in [6.07, 6.45) is 1.19. The van der Waals surface area contributed by atoms with Gasteiger partial charge in [-0.15, -0.1) is 0 Å². The van der Waals surface area contributed by atoms with Crippen molar-refractivity contribution in [3.05, 3.63) is 56.2 Å². The molecule has 1 aromatic carbocycles. The fourth-order valence-electron chi connectivity index (χ4n) is 1.39. The van der Waals surface area contributed by atoms with Crippen LogP contribution in [0.25, 0.3) is 0 Å². The molecule has 0 spiro atoms. The number of carbonyl (C=O) groups excluding carboxylic acids is 1. The maximum atomic E-state index is 13.6. The Morgan fingerprint density at radius 2 is 1.95 bits per heavy atom. The number of hydrogen-bond donors (Lipinski definition) is 1. The van der Waals surface area contributed by atoms with Gasteiger partial charge in [-0.2, -0.15) is 0 Å². The molecule has 8 heteroatoms. The molecule has 0 saturated heterocycles. The highest BCUT2D eigenvalue weighted by atomic mass is 79.9. The molecule has 0 unspecified atom stereocenters. The quantitative estimate of drug-likeness (QED) is 0.767. The summed E-state index contributed by atoms with van der Waals surface area (Å²) >= 11 is 14.3. The van der Waals surface area contributed by atoms with Crippen molar-refractivity contribution in [2.45, 2.75) is 0 Å². The minimum atomic E-state index is -0.904. The molecular formula is C12H5BrCl2F2N2O. The van der Waals surface area contributed by atoms with E-state index in [1.54, 1.807) is 0 Å². The first kappa shape index (κ1) is 15.2. The van der Waals surface area contributed by atoms with Crippen LogP contribution in [-0.4, -0.2) is 10.9 Å². The average Bonchev–Trinajstić information content (AvgIpc) is 2.36. The topological polar surface area (TPSA) is 42.0 Å². The van der Waals surface area contributed by atoms with E-state index in [2.05, 4.69) is 26.2 Å². The summed E-state index contributed by atoms with van der Waals surface area (Å²) in [6.45, 7) is 0. The summed E-state index contributed by atoms with van der Waals surface area (Å²) in [7, 11) is 0. The standard InChI is InChI=1S/C12H5BrCl2F2N2O/c13-7-2-6(16)3-9(17)10(7)19-12(20)5-1-8(14)11(15)18-4-5/h1-4H,(H,19,20). The van der Waals surface area contributed by atoms with Crippen LogP contribution in [0, 0.1) is 11.6 Å². The molecule has 0 atom stereocenters. The molecule has 2 rings (SSSR count). The van der Waals surface area contributed by atoms with E-state index < -0.39 is 17.5 Å². The number of benzene rings is 1. The molecule has 0 aliphatic carbocycles. The molecule has 104 valence electrons. The van der Waals surface area contributed by atoms with Gasteiger partial charge in [0.25, 0.3) is 5.91 Å². The van der Waals surface area contributed by atoms with Gasteiger partial charge < -0.3 is 5.32 Å². The molecule has 1 heterocycles. The highest BCUT2D eigenvalue weighted by molar-refractivity contribution is 9.10. The van der Waals surface area contributed by atoms with Gasteiger partial charge in [0.15, 0.2) is 5.82 Å². The molecular weight excluding hydrogens is 377 g/mol. The zero-order valence-electron chi connectivity index (χ0n) is 9.55. The second kappa shape index (κ2) is 6.03. The van der Waals surface area contributed by atoms with Gasteiger partial charge in [0.05, 0.1) is 16.3 Å². The molecule has 1 aromatic heterocycles. The first-order chi connectivity index (χ1) is 9.38. The first-order valence-corrected chi connectivity index (χ1v) is 6.70. The number of pyridine rings is 1. The fraction of sp³-hybridized carbons (Fsp3) is 0. The Balaban J connectivity index is 2.30. The summed E-state index contributed by atoms with van der Waals surface area (Å²) in [5.41, 5.74) is -0.0857. The van der Waals surface area contributed by atoms with Crippen LogP contribution < -0.4 is 5.32 Å². The Kier molecular flexibility index (Phi) is 4.57. The predicted octanol–water partition coefficient (Wildman–Crippen LogP) is 4.68. The van der Waals surface area contributed by atoms with Crippen molar-refractivity contribution in [1.29, 1.82) is 0 Å². The van der Waals surface area contributed by atoms with Gasteiger partial charge in [-0.05, 0) is 28.1 Å². The van der Waals surface area contributed by atoms with Gasteiger partial charge in [-0.3, -0.25) is 4.79 Å². The van der Waals surface area contributed by atoms with Crippen LogP contribution in [-0.2, 0) is 0 Å². The van der Waals surface area contributed by atoms with Crippen molar-refractivity contribution in [2.75, 3.05) is 5.32 Å². The van der Waals surface area contributed by atoms with Crippen LogP contribution in [0.5, 0.6) is 0 Å². The number of anilines is 1. The largest absolute Gasteiger partial charge is 0.318 e. The highest BCUT2D eigenvalue weighted by Crippen LogP contribution is 2.28. The number of hydrogen-bond acceptors (Lipinski definition) is 2. The van der Waals surface area contributed by atoms with Gasteiger partial charge in [0, 0.05) is 16.7 Å². The molecule has 20 heavy (non-hydrogen) atoms. The average molecular weight is 382 g/mol. The number of amides is 1. The third-order valence-corrected chi connectivity index (χ3v) is 3.62. The number of nitrogens with zero attached hydrogens (tertiary/aromatic N) is 1. The summed E-state index contributed by atoms with van der Waals surface area (Å²) in [6, 6.07) is 2.99. The zero-order chi connectivity index (χ0) is 14.9. The van der Waals surface area contributed by atoms with Crippen LogP contribution in [0.15, 0.2) is 28.9 Å². The Morgan fingerprint density at radius 3 is 2.55 bits per heavy atom. The smallest absolute Gasteiger partial charge is 0.257 e. The van der Waals surface area contributed by atoms with E-state index in [-0.39, 0.29) is 25.9 Å². The molecule has 0 saturated carbocycles. The summed E-state index contributed by atoms with van der Waals surface area (Å²) in [4.78, 5) is 15.6. The van der Waals surface area contributed by atoms with Crippen LogP contribution in [0.4, 0.5) is 14.5 Å². The van der Waals surface area contributed by atoms with Gasteiger partial charge in [0.1, 0.15) is 11.0 Å². The summed E-state index contributed by atoms with van der Waals surface area (Å²) < 4.78 is 26.6. The third-order valence-electron chi connectivity index (χ3n) is 2.30. The second-order valence-electron chi connectivity index (χ2n) is 3.70. The second-order valence-corrected chi connectivity index (χ2v) is 5.31. The zero-order valence-corrected chi connectivity index (χ0v) is 12.7. The minimum absolute atomic E-state index is 0.0531. The van der Waals surface area contributed by atoms with E-state index in [1.165, 1.54) is 12.3 Å². The molecule has 0 radical (unpaired) electrons. The van der Waals surface area contributed by atoms with Crippen LogP contribution in [0.2, 0.25) is 10.2 Å². The minimum Gasteiger partial charge on any atom is -0.318 e. The number of rotatable bonds is 2. The maximum absolute atomic E-state index is 13.6. The number of halogens is 5. The third kappa shape index (κ3) is 3.26. The molecule has 1 amide bonds. The van der Waals surface area contributed by atoms with Gasteiger partial charge >= 0.3 is 0 Å². The molecule has 0 aliphatic rings. The lowest BCUT2D eigenvalue weighted by molar-refractivity contribution is 0.102. The van der Waals surface area contributed by atoms with Crippen molar-refractivity contribution < 1.29 is 13.6 Å². The van der Waals surface area contributed by atoms with E-state index in [1.807, 2.05) is 0 Å². The number of nitrogens with one attached hydrogen (secondary N) is 1. The Morgan fingerprint density at radius 1 is 1.25 bits per heavy atom. The van der Waals surface area contributed by atoms with E-state index >= 15 is 0 Å².